The highest BCUT2D eigenvalue weighted by atomic mass is 16.5. The van der Waals surface area contributed by atoms with E-state index in [-0.39, 0.29) is 30.5 Å². The number of amides is 2. The Morgan fingerprint density at radius 2 is 1.96 bits per heavy atom. The normalized spacial score (nSPS) is 17.5. The van der Waals surface area contributed by atoms with Gasteiger partial charge >= 0.3 is 5.97 Å². The van der Waals surface area contributed by atoms with Gasteiger partial charge in [0, 0.05) is 13.1 Å². The van der Waals surface area contributed by atoms with Crippen molar-refractivity contribution >= 4 is 23.5 Å². The first kappa shape index (κ1) is 15.3. The summed E-state index contributed by atoms with van der Waals surface area (Å²) >= 11 is 0. The number of nitrogens with zero attached hydrogens (tertiary/aromatic N) is 2. The molecule has 0 saturated carbocycles. The molecule has 1 saturated heterocycles. The first-order valence-corrected chi connectivity index (χ1v) is 7.22. The van der Waals surface area contributed by atoms with Crippen LogP contribution in [-0.2, 0) is 14.3 Å². The van der Waals surface area contributed by atoms with Crippen molar-refractivity contribution in [3.63, 3.8) is 0 Å². The van der Waals surface area contributed by atoms with Crippen LogP contribution in [0.2, 0.25) is 0 Å². The predicted molar refractivity (Wildman–Crippen MR) is 78.6 cm³/mol. The lowest BCUT2D eigenvalue weighted by Crippen LogP contribution is -2.49. The van der Waals surface area contributed by atoms with Crippen LogP contribution < -0.4 is 9.64 Å². The Hall–Kier alpha value is -2.61. The van der Waals surface area contributed by atoms with Gasteiger partial charge in [-0.25, -0.2) is 4.79 Å². The van der Waals surface area contributed by atoms with Gasteiger partial charge in [-0.15, -0.1) is 0 Å². The number of benzene rings is 1. The topological polar surface area (TPSA) is 96.4 Å². The van der Waals surface area contributed by atoms with Crippen molar-refractivity contribution in [1.82, 2.24) is 4.90 Å². The van der Waals surface area contributed by atoms with Gasteiger partial charge in [-0.3, -0.25) is 14.5 Å². The molecule has 1 fully saturated rings. The number of carbonyl (C=O) groups excluding carboxylic acids is 2. The molecular formula is C15H16N2O6. The number of carboxylic acid groups (broad SMARTS) is 1. The number of rotatable bonds is 3. The molecule has 0 unspecified atom stereocenters. The van der Waals surface area contributed by atoms with E-state index in [1.807, 2.05) is 0 Å². The van der Waals surface area contributed by atoms with Crippen LogP contribution in [0.5, 0.6) is 5.75 Å². The largest absolute Gasteiger partial charge is 0.482 e. The molecule has 0 aromatic heterocycles. The number of aromatic carboxylic acids is 1. The van der Waals surface area contributed by atoms with Crippen LogP contribution in [0.3, 0.4) is 0 Å². The Balaban J connectivity index is 1.81. The first-order chi connectivity index (χ1) is 11.1. The number of hydrogen-bond donors (Lipinski definition) is 1. The lowest BCUT2D eigenvalue weighted by Gasteiger charge is -2.32. The molecule has 0 atom stereocenters. The van der Waals surface area contributed by atoms with E-state index in [2.05, 4.69) is 0 Å². The van der Waals surface area contributed by atoms with Crippen LogP contribution in [0, 0.1) is 0 Å². The van der Waals surface area contributed by atoms with Gasteiger partial charge in [0.2, 0.25) is 5.91 Å². The minimum absolute atomic E-state index is 0.0672. The summed E-state index contributed by atoms with van der Waals surface area (Å²) in [6, 6.07) is 4.23. The molecule has 122 valence electrons. The van der Waals surface area contributed by atoms with Gasteiger partial charge in [0.25, 0.3) is 5.91 Å². The monoisotopic (exact) mass is 320 g/mol. The van der Waals surface area contributed by atoms with Gasteiger partial charge in [-0.05, 0) is 18.2 Å². The molecule has 8 heteroatoms. The Bertz CT molecular complexity index is 653. The maximum absolute atomic E-state index is 12.3. The van der Waals surface area contributed by atoms with Gasteiger partial charge in [-0.1, -0.05) is 0 Å². The second-order valence-electron chi connectivity index (χ2n) is 5.25. The zero-order valence-corrected chi connectivity index (χ0v) is 12.4. The van der Waals surface area contributed by atoms with Crippen molar-refractivity contribution in [2.45, 2.75) is 0 Å². The minimum Gasteiger partial charge on any atom is -0.482 e. The highest BCUT2D eigenvalue weighted by Gasteiger charge is 2.30. The van der Waals surface area contributed by atoms with E-state index in [0.29, 0.717) is 37.7 Å². The molecule has 0 bridgehead atoms. The Kier molecular flexibility index (Phi) is 4.16. The third kappa shape index (κ3) is 3.11. The Morgan fingerprint density at radius 1 is 1.22 bits per heavy atom. The predicted octanol–water partition coefficient (Wildman–Crippen LogP) is -0.0310. The molecule has 1 aromatic rings. The fourth-order valence-corrected chi connectivity index (χ4v) is 2.56. The molecule has 1 aromatic carbocycles. The molecule has 2 heterocycles. The van der Waals surface area contributed by atoms with E-state index in [9.17, 15) is 14.4 Å². The zero-order chi connectivity index (χ0) is 16.4. The second kappa shape index (κ2) is 6.25. The quantitative estimate of drug-likeness (QED) is 0.840. The van der Waals surface area contributed by atoms with Crippen LogP contribution in [-0.4, -0.2) is 67.2 Å². The van der Waals surface area contributed by atoms with Crippen LogP contribution >= 0.6 is 0 Å². The van der Waals surface area contributed by atoms with Crippen molar-refractivity contribution < 1.29 is 29.0 Å². The summed E-state index contributed by atoms with van der Waals surface area (Å²) < 4.78 is 10.5. The van der Waals surface area contributed by atoms with Crippen LogP contribution in [0.4, 0.5) is 5.69 Å². The number of morpholine rings is 1. The number of hydrogen-bond acceptors (Lipinski definition) is 5. The third-order valence-corrected chi connectivity index (χ3v) is 3.81. The summed E-state index contributed by atoms with van der Waals surface area (Å²) in [4.78, 5) is 38.4. The fourth-order valence-electron chi connectivity index (χ4n) is 2.56. The SMILES string of the molecule is O=C(O)c1ccc2c(c1)OCC(=O)N2CC(=O)N1CCOCC1. The van der Waals surface area contributed by atoms with Gasteiger partial charge in [0.15, 0.2) is 6.61 Å². The maximum atomic E-state index is 12.3. The summed E-state index contributed by atoms with van der Waals surface area (Å²) in [6.07, 6.45) is 0. The first-order valence-electron chi connectivity index (χ1n) is 7.22. The number of fused-ring (bicyclic) bond motifs is 1. The highest BCUT2D eigenvalue weighted by molar-refractivity contribution is 6.03. The number of carbonyl (C=O) groups is 3. The summed E-state index contributed by atoms with van der Waals surface area (Å²) in [5.41, 5.74) is 0.477. The van der Waals surface area contributed by atoms with E-state index < -0.39 is 5.97 Å². The summed E-state index contributed by atoms with van der Waals surface area (Å²) in [6.45, 7) is 1.67. The van der Waals surface area contributed by atoms with E-state index >= 15 is 0 Å². The Labute approximate surface area is 132 Å². The van der Waals surface area contributed by atoms with Gasteiger partial charge in [-0.2, -0.15) is 0 Å². The number of ether oxygens (including phenoxy) is 2. The smallest absolute Gasteiger partial charge is 0.335 e. The van der Waals surface area contributed by atoms with Crippen molar-refractivity contribution in [3.8, 4) is 5.75 Å². The van der Waals surface area contributed by atoms with Gasteiger partial charge in [0.05, 0.1) is 24.5 Å². The lowest BCUT2D eigenvalue weighted by molar-refractivity contribution is -0.135. The van der Waals surface area contributed by atoms with Crippen molar-refractivity contribution in [1.29, 1.82) is 0 Å². The zero-order valence-electron chi connectivity index (χ0n) is 12.4. The number of carboxylic acids is 1. The highest BCUT2D eigenvalue weighted by Crippen LogP contribution is 2.33. The van der Waals surface area contributed by atoms with Gasteiger partial charge in [0.1, 0.15) is 12.3 Å². The average molecular weight is 320 g/mol. The molecule has 0 spiro atoms. The fraction of sp³-hybridized carbons (Fsp3) is 0.400. The van der Waals surface area contributed by atoms with Crippen LogP contribution in [0.1, 0.15) is 10.4 Å². The van der Waals surface area contributed by atoms with E-state index in [4.69, 9.17) is 14.6 Å². The van der Waals surface area contributed by atoms with Crippen molar-refractivity contribution in [3.05, 3.63) is 23.8 Å². The molecule has 3 rings (SSSR count). The van der Waals surface area contributed by atoms with Gasteiger partial charge < -0.3 is 19.5 Å². The van der Waals surface area contributed by atoms with Crippen molar-refractivity contribution in [2.24, 2.45) is 0 Å². The molecule has 2 aliphatic rings. The molecule has 23 heavy (non-hydrogen) atoms. The van der Waals surface area contributed by atoms with Crippen LogP contribution in [0.15, 0.2) is 18.2 Å². The van der Waals surface area contributed by atoms with Crippen LogP contribution in [0.25, 0.3) is 0 Å². The van der Waals surface area contributed by atoms with E-state index in [1.54, 1.807) is 4.90 Å². The minimum atomic E-state index is -1.08. The number of anilines is 1. The molecule has 2 amide bonds. The molecular weight excluding hydrogens is 304 g/mol. The maximum Gasteiger partial charge on any atom is 0.335 e. The molecule has 0 radical (unpaired) electrons. The summed E-state index contributed by atoms with van der Waals surface area (Å²) in [5, 5.41) is 9.01. The average Bonchev–Trinajstić information content (AvgIpc) is 2.57. The summed E-state index contributed by atoms with van der Waals surface area (Å²) in [7, 11) is 0. The van der Waals surface area contributed by atoms with E-state index in [0.717, 1.165) is 0 Å². The van der Waals surface area contributed by atoms with Crippen molar-refractivity contribution in [2.75, 3.05) is 44.4 Å². The second-order valence-corrected chi connectivity index (χ2v) is 5.25. The lowest BCUT2D eigenvalue weighted by atomic mass is 10.1. The molecule has 0 aliphatic carbocycles. The molecule has 8 nitrogen and oxygen atoms in total. The molecule has 1 N–H and O–H groups in total. The third-order valence-electron chi connectivity index (χ3n) is 3.81. The Morgan fingerprint density at radius 3 is 2.65 bits per heavy atom. The summed E-state index contributed by atoms with van der Waals surface area (Å²) in [5.74, 6) is -1.29. The van der Waals surface area contributed by atoms with E-state index in [1.165, 1.54) is 23.1 Å². The standard InChI is InChI=1S/C15H16N2O6/c18-13(16-3-5-22-6-4-16)8-17-11-2-1-10(15(20)21)7-12(11)23-9-14(17)19/h1-2,7H,3-6,8-9H2,(H,20,21). The molecule has 2 aliphatic heterocycles.